The number of rotatable bonds is 3. The molecular weight excluding hydrogens is 248 g/mol. The Morgan fingerprint density at radius 3 is 2.50 bits per heavy atom. The first-order chi connectivity index (χ1) is 9.54. The van der Waals surface area contributed by atoms with E-state index in [9.17, 15) is 0 Å². The molecule has 1 unspecified atom stereocenters. The zero-order valence-electron chi connectivity index (χ0n) is 13.1. The molecular formula is C17H26N2O. The van der Waals surface area contributed by atoms with Crippen molar-refractivity contribution in [3.63, 3.8) is 0 Å². The Bertz CT molecular complexity index is 485. The van der Waals surface area contributed by atoms with Gasteiger partial charge in [0.25, 0.3) is 0 Å². The molecule has 0 bridgehead atoms. The quantitative estimate of drug-likeness (QED) is 0.803. The molecule has 0 aromatic carbocycles. The van der Waals surface area contributed by atoms with Crippen molar-refractivity contribution in [1.82, 2.24) is 4.90 Å². The molecule has 1 saturated heterocycles. The number of nitrogens with two attached hydrogens (primary N) is 1. The molecule has 0 aromatic rings. The van der Waals surface area contributed by atoms with Crippen molar-refractivity contribution in [2.24, 2.45) is 5.73 Å². The minimum atomic E-state index is 0.362. The Kier molecular flexibility index (Phi) is 4.91. The molecule has 2 rings (SSSR count). The second kappa shape index (κ2) is 6.47. The van der Waals surface area contributed by atoms with Gasteiger partial charge in [-0.05, 0) is 44.8 Å². The number of hydrogen-bond donors (Lipinski definition) is 1. The van der Waals surface area contributed by atoms with E-state index in [2.05, 4.69) is 37.5 Å². The SMILES string of the molecule is COC1=C(C)C(C)=C(C(C)N2CCC(N)CC2)C#CC1. The van der Waals surface area contributed by atoms with Crippen molar-refractivity contribution in [2.45, 2.75) is 52.1 Å². The van der Waals surface area contributed by atoms with Crippen molar-refractivity contribution < 1.29 is 4.74 Å². The van der Waals surface area contributed by atoms with Gasteiger partial charge in [0.05, 0.1) is 13.5 Å². The Morgan fingerprint density at radius 1 is 1.25 bits per heavy atom. The molecule has 1 aliphatic carbocycles. The van der Waals surface area contributed by atoms with Crippen LogP contribution in [0, 0.1) is 11.8 Å². The minimum Gasteiger partial charge on any atom is -0.500 e. The fraction of sp³-hybridized carbons (Fsp3) is 0.647. The predicted molar refractivity (Wildman–Crippen MR) is 83.0 cm³/mol. The molecule has 1 fully saturated rings. The van der Waals surface area contributed by atoms with E-state index in [1.807, 2.05) is 0 Å². The van der Waals surface area contributed by atoms with Crippen LogP contribution in [0.4, 0.5) is 0 Å². The molecule has 1 aliphatic heterocycles. The lowest BCUT2D eigenvalue weighted by molar-refractivity contribution is 0.183. The topological polar surface area (TPSA) is 38.5 Å². The minimum absolute atomic E-state index is 0.362. The standard InChI is InChI=1S/C17H26N2O/c1-12-13(2)17(20-4)7-5-6-16(12)14(3)19-10-8-15(18)9-11-19/h14-15H,7-11,18H2,1-4H3. The molecule has 0 saturated carbocycles. The summed E-state index contributed by atoms with van der Waals surface area (Å²) in [6, 6.07) is 0.733. The molecule has 1 heterocycles. The van der Waals surface area contributed by atoms with Crippen molar-refractivity contribution in [2.75, 3.05) is 20.2 Å². The van der Waals surface area contributed by atoms with E-state index >= 15 is 0 Å². The van der Waals surface area contributed by atoms with Gasteiger partial charge in [-0.2, -0.15) is 0 Å². The fourth-order valence-corrected chi connectivity index (χ4v) is 2.99. The van der Waals surface area contributed by atoms with Gasteiger partial charge in [-0.15, -0.1) is 0 Å². The zero-order valence-corrected chi connectivity index (χ0v) is 13.1. The average molecular weight is 274 g/mol. The highest BCUT2D eigenvalue weighted by Crippen LogP contribution is 2.27. The molecule has 20 heavy (non-hydrogen) atoms. The highest BCUT2D eigenvalue weighted by atomic mass is 16.5. The van der Waals surface area contributed by atoms with Gasteiger partial charge in [0, 0.05) is 30.7 Å². The second-order valence-electron chi connectivity index (χ2n) is 5.82. The zero-order chi connectivity index (χ0) is 14.7. The molecule has 1 atom stereocenters. The lowest BCUT2D eigenvalue weighted by Crippen LogP contribution is -2.44. The van der Waals surface area contributed by atoms with Crippen molar-refractivity contribution in [1.29, 1.82) is 0 Å². The van der Waals surface area contributed by atoms with Crippen molar-refractivity contribution >= 4 is 0 Å². The molecule has 2 N–H and O–H groups in total. The lowest BCUT2D eigenvalue weighted by Gasteiger charge is -2.35. The van der Waals surface area contributed by atoms with E-state index < -0.39 is 0 Å². The molecule has 110 valence electrons. The van der Waals surface area contributed by atoms with Gasteiger partial charge in [-0.1, -0.05) is 11.8 Å². The van der Waals surface area contributed by atoms with Gasteiger partial charge < -0.3 is 10.5 Å². The van der Waals surface area contributed by atoms with E-state index in [0.717, 1.165) is 31.7 Å². The molecule has 0 spiro atoms. The van der Waals surface area contributed by atoms with Gasteiger partial charge in [0.15, 0.2) is 0 Å². The summed E-state index contributed by atoms with van der Waals surface area (Å²) in [7, 11) is 1.73. The molecule has 0 aromatic heterocycles. The third-order valence-corrected chi connectivity index (χ3v) is 4.64. The third kappa shape index (κ3) is 3.08. The summed E-state index contributed by atoms with van der Waals surface area (Å²) in [5, 5.41) is 0. The molecule has 3 nitrogen and oxygen atoms in total. The van der Waals surface area contributed by atoms with E-state index in [1.54, 1.807) is 7.11 Å². The van der Waals surface area contributed by atoms with Gasteiger partial charge in [0.2, 0.25) is 0 Å². The maximum Gasteiger partial charge on any atom is 0.111 e. The van der Waals surface area contributed by atoms with Crippen molar-refractivity contribution in [3.8, 4) is 11.8 Å². The number of nitrogens with zero attached hydrogens (tertiary/aromatic N) is 1. The van der Waals surface area contributed by atoms with Crippen molar-refractivity contribution in [3.05, 3.63) is 22.5 Å². The summed E-state index contributed by atoms with van der Waals surface area (Å²) < 4.78 is 5.45. The largest absolute Gasteiger partial charge is 0.500 e. The Labute approximate surface area is 122 Å². The third-order valence-electron chi connectivity index (χ3n) is 4.64. The number of likely N-dealkylation sites (tertiary alicyclic amines) is 1. The van der Waals surface area contributed by atoms with Crippen LogP contribution in [0.2, 0.25) is 0 Å². The maximum absolute atomic E-state index is 6.00. The van der Waals surface area contributed by atoms with Gasteiger partial charge in [-0.3, -0.25) is 4.90 Å². The fourth-order valence-electron chi connectivity index (χ4n) is 2.99. The number of methoxy groups -OCH3 is 1. The predicted octanol–water partition coefficient (Wildman–Crippen LogP) is 2.44. The molecule has 0 radical (unpaired) electrons. The van der Waals surface area contributed by atoms with Crippen LogP contribution in [0.3, 0.4) is 0 Å². The normalized spacial score (nSPS) is 23.2. The highest BCUT2D eigenvalue weighted by Gasteiger charge is 2.24. The summed E-state index contributed by atoms with van der Waals surface area (Å²) in [5.41, 5.74) is 9.73. The van der Waals surface area contributed by atoms with E-state index in [4.69, 9.17) is 10.5 Å². The second-order valence-corrected chi connectivity index (χ2v) is 5.82. The number of hydrogen-bond acceptors (Lipinski definition) is 3. The van der Waals surface area contributed by atoms with Crippen LogP contribution >= 0.6 is 0 Å². The summed E-state index contributed by atoms with van der Waals surface area (Å²) in [4.78, 5) is 2.50. The highest BCUT2D eigenvalue weighted by molar-refractivity contribution is 5.48. The lowest BCUT2D eigenvalue weighted by atomic mass is 9.95. The summed E-state index contributed by atoms with van der Waals surface area (Å²) in [6.45, 7) is 8.69. The van der Waals surface area contributed by atoms with E-state index in [0.29, 0.717) is 18.5 Å². The number of allylic oxidation sites excluding steroid dienone is 3. The van der Waals surface area contributed by atoms with Crippen LogP contribution in [0.5, 0.6) is 0 Å². The summed E-state index contributed by atoms with van der Waals surface area (Å²) in [5.74, 6) is 7.61. The number of ether oxygens (including phenoxy) is 1. The smallest absolute Gasteiger partial charge is 0.111 e. The monoisotopic (exact) mass is 274 g/mol. The average Bonchev–Trinajstić information content (AvgIpc) is 2.59. The Morgan fingerprint density at radius 2 is 1.90 bits per heavy atom. The molecule has 2 aliphatic rings. The Balaban J connectivity index is 2.23. The summed E-state index contributed by atoms with van der Waals surface area (Å²) >= 11 is 0. The first-order valence-electron chi connectivity index (χ1n) is 7.48. The number of piperidine rings is 1. The van der Waals surface area contributed by atoms with Crippen LogP contribution in [-0.2, 0) is 4.74 Å². The maximum atomic E-state index is 6.00. The van der Waals surface area contributed by atoms with Crippen LogP contribution in [0.25, 0.3) is 0 Å². The molecule has 0 amide bonds. The van der Waals surface area contributed by atoms with E-state index in [-0.39, 0.29) is 0 Å². The van der Waals surface area contributed by atoms with E-state index in [1.165, 1.54) is 16.7 Å². The van der Waals surface area contributed by atoms with Gasteiger partial charge in [-0.25, -0.2) is 0 Å². The van der Waals surface area contributed by atoms with Gasteiger partial charge >= 0.3 is 0 Å². The van der Waals surface area contributed by atoms with Crippen LogP contribution in [-0.4, -0.2) is 37.2 Å². The van der Waals surface area contributed by atoms with Crippen LogP contribution in [0.15, 0.2) is 22.5 Å². The summed E-state index contributed by atoms with van der Waals surface area (Å²) in [6.07, 6.45) is 2.88. The van der Waals surface area contributed by atoms with Crippen LogP contribution in [0.1, 0.15) is 40.0 Å². The first-order valence-corrected chi connectivity index (χ1v) is 7.48. The Hall–Kier alpha value is -1.24. The van der Waals surface area contributed by atoms with Gasteiger partial charge in [0.1, 0.15) is 5.76 Å². The first kappa shape index (κ1) is 15.2. The van der Waals surface area contributed by atoms with Crippen LogP contribution < -0.4 is 5.73 Å². The molecule has 3 heteroatoms.